The Balaban J connectivity index is 1.55. The van der Waals surface area contributed by atoms with E-state index in [1.54, 1.807) is 23.2 Å². The lowest BCUT2D eigenvalue weighted by Gasteiger charge is -2.16. The van der Waals surface area contributed by atoms with Crippen molar-refractivity contribution in [3.8, 4) is 5.75 Å². The van der Waals surface area contributed by atoms with Crippen LogP contribution in [-0.2, 0) is 11.3 Å². The van der Waals surface area contributed by atoms with Gasteiger partial charge in [-0.3, -0.25) is 5.32 Å². The second kappa shape index (κ2) is 7.71. The minimum absolute atomic E-state index is 0.131. The van der Waals surface area contributed by atoms with Crippen molar-refractivity contribution in [1.82, 2.24) is 5.53 Å². The summed E-state index contributed by atoms with van der Waals surface area (Å²) in [7, 11) is 1.52. The van der Waals surface area contributed by atoms with Gasteiger partial charge in [0.05, 0.1) is 17.8 Å². The van der Waals surface area contributed by atoms with E-state index >= 15 is 0 Å². The highest BCUT2D eigenvalue weighted by molar-refractivity contribution is 6.32. The van der Waals surface area contributed by atoms with Crippen LogP contribution in [0, 0.1) is 0 Å². The first-order chi connectivity index (χ1) is 12.2. The van der Waals surface area contributed by atoms with Gasteiger partial charge in [-0.1, -0.05) is 29.0 Å². The van der Waals surface area contributed by atoms with Gasteiger partial charge in [-0.15, -0.1) is 5.11 Å². The number of rotatable bonds is 5. The normalized spacial score (nSPS) is 12.6. The average molecular weight is 362 g/mol. The Labute approximate surface area is 149 Å². The molecule has 0 spiro atoms. The molecule has 0 unspecified atom stereocenters. The van der Waals surface area contributed by atoms with Crippen molar-refractivity contribution in [2.24, 2.45) is 10.3 Å². The molecule has 2 aromatic carbocycles. The fourth-order valence-electron chi connectivity index (χ4n) is 2.21. The molecule has 1 amide bonds. The monoisotopic (exact) mass is 361 g/mol. The summed E-state index contributed by atoms with van der Waals surface area (Å²) in [5, 5.41) is 12.3. The highest BCUT2D eigenvalue weighted by Gasteiger charge is 2.11. The van der Waals surface area contributed by atoms with Gasteiger partial charge in [0.2, 0.25) is 0 Å². The zero-order chi connectivity index (χ0) is 17.6. The molecule has 0 aromatic heterocycles. The molecule has 0 bridgehead atoms. The van der Waals surface area contributed by atoms with Crippen molar-refractivity contribution in [2.75, 3.05) is 24.1 Å². The van der Waals surface area contributed by atoms with Gasteiger partial charge in [0.1, 0.15) is 12.4 Å². The molecule has 0 atom stereocenters. The quantitative estimate of drug-likeness (QED) is 0.846. The lowest BCUT2D eigenvalue weighted by molar-refractivity contribution is 0.155. The maximum absolute atomic E-state index is 11.9. The third kappa shape index (κ3) is 4.30. The van der Waals surface area contributed by atoms with E-state index in [0.717, 1.165) is 11.3 Å². The van der Waals surface area contributed by atoms with Gasteiger partial charge in [0.15, 0.2) is 6.67 Å². The molecule has 0 fully saturated rings. The van der Waals surface area contributed by atoms with E-state index in [1.165, 1.54) is 7.11 Å². The third-order valence-electron chi connectivity index (χ3n) is 3.43. The number of amides is 1. The molecule has 9 heteroatoms. The molecule has 3 rings (SSSR count). The molecule has 130 valence electrons. The van der Waals surface area contributed by atoms with Crippen LogP contribution in [0.3, 0.4) is 0 Å². The summed E-state index contributed by atoms with van der Waals surface area (Å²) >= 11 is 6.02. The zero-order valence-corrected chi connectivity index (χ0v) is 14.2. The Bertz CT molecular complexity index is 791. The van der Waals surface area contributed by atoms with Crippen LogP contribution >= 0.6 is 11.6 Å². The van der Waals surface area contributed by atoms with Crippen LogP contribution in [0.15, 0.2) is 52.8 Å². The Morgan fingerprint density at radius 2 is 2.24 bits per heavy atom. The van der Waals surface area contributed by atoms with Crippen molar-refractivity contribution in [3.05, 3.63) is 53.1 Å². The number of carbonyl (C=O) groups excluding carboxylic acids is 1. The Morgan fingerprint density at radius 3 is 2.96 bits per heavy atom. The summed E-state index contributed by atoms with van der Waals surface area (Å²) < 4.78 is 10.3. The first kappa shape index (κ1) is 16.8. The molecular formula is C16H16ClN5O3. The largest absolute Gasteiger partial charge is 0.495 e. The van der Waals surface area contributed by atoms with Crippen LogP contribution < -0.4 is 20.6 Å². The number of hydrazine groups is 1. The average Bonchev–Trinajstić information content (AvgIpc) is 3.15. The number of carbonyl (C=O) groups is 1. The number of halogens is 1. The predicted molar refractivity (Wildman–Crippen MR) is 93.6 cm³/mol. The smallest absolute Gasteiger partial charge is 0.411 e. The van der Waals surface area contributed by atoms with E-state index in [-0.39, 0.29) is 6.61 Å². The summed E-state index contributed by atoms with van der Waals surface area (Å²) in [5.41, 5.74) is 5.01. The topological polar surface area (TPSA) is 87.6 Å². The van der Waals surface area contributed by atoms with Gasteiger partial charge in [-0.25, -0.2) is 9.80 Å². The van der Waals surface area contributed by atoms with Crippen molar-refractivity contribution in [3.63, 3.8) is 0 Å². The van der Waals surface area contributed by atoms with Gasteiger partial charge in [0, 0.05) is 5.69 Å². The molecular weight excluding hydrogens is 346 g/mol. The van der Waals surface area contributed by atoms with Crippen molar-refractivity contribution in [1.29, 1.82) is 0 Å². The van der Waals surface area contributed by atoms with Gasteiger partial charge >= 0.3 is 6.09 Å². The van der Waals surface area contributed by atoms with Gasteiger partial charge in [0.25, 0.3) is 0 Å². The van der Waals surface area contributed by atoms with Crippen LogP contribution in [0.1, 0.15) is 5.56 Å². The molecule has 1 aliphatic rings. The number of ether oxygens (including phenoxy) is 2. The van der Waals surface area contributed by atoms with Gasteiger partial charge in [-0.2, -0.15) is 5.53 Å². The molecule has 2 aromatic rings. The minimum Gasteiger partial charge on any atom is -0.495 e. The number of nitrogens with one attached hydrogen (secondary N) is 2. The first-order valence-corrected chi connectivity index (χ1v) is 7.79. The predicted octanol–water partition coefficient (Wildman–Crippen LogP) is 3.75. The highest BCUT2D eigenvalue weighted by atomic mass is 35.5. The Hall–Kier alpha value is -3.00. The third-order valence-corrected chi connectivity index (χ3v) is 3.73. The molecule has 8 nitrogen and oxygen atoms in total. The van der Waals surface area contributed by atoms with Crippen LogP contribution in [-0.4, -0.2) is 19.9 Å². The fourth-order valence-corrected chi connectivity index (χ4v) is 2.47. The minimum atomic E-state index is -0.573. The van der Waals surface area contributed by atoms with Gasteiger partial charge in [-0.05, 0) is 35.9 Å². The summed E-state index contributed by atoms with van der Waals surface area (Å²) in [6.07, 6.45) is -0.573. The number of hydrogen-bond donors (Lipinski definition) is 2. The number of methoxy groups -OCH3 is 1. The van der Waals surface area contributed by atoms with Crippen molar-refractivity contribution >= 4 is 29.1 Å². The second-order valence-corrected chi connectivity index (χ2v) is 5.54. The highest BCUT2D eigenvalue weighted by Crippen LogP contribution is 2.27. The second-order valence-electron chi connectivity index (χ2n) is 5.13. The van der Waals surface area contributed by atoms with Crippen molar-refractivity contribution < 1.29 is 14.3 Å². The molecule has 0 saturated heterocycles. The number of benzene rings is 2. The van der Waals surface area contributed by atoms with E-state index < -0.39 is 6.09 Å². The number of anilines is 2. The molecule has 1 aliphatic heterocycles. The SMILES string of the molecule is COc1ccc(NC(=O)OCc2cccc(N3CN=NN3)c2)cc1Cl. The fraction of sp³-hybridized carbons (Fsp3) is 0.188. The number of nitrogens with zero attached hydrogens (tertiary/aromatic N) is 3. The molecule has 25 heavy (non-hydrogen) atoms. The van der Waals surface area contributed by atoms with E-state index in [9.17, 15) is 4.79 Å². The van der Waals surface area contributed by atoms with E-state index in [1.807, 2.05) is 24.3 Å². The van der Waals surface area contributed by atoms with Crippen LogP contribution in [0.4, 0.5) is 16.2 Å². The van der Waals surface area contributed by atoms with E-state index in [4.69, 9.17) is 21.1 Å². The lowest BCUT2D eigenvalue weighted by Crippen LogP contribution is -2.29. The summed E-state index contributed by atoms with van der Waals surface area (Å²) in [4.78, 5) is 11.9. The Morgan fingerprint density at radius 1 is 1.36 bits per heavy atom. The summed E-state index contributed by atoms with van der Waals surface area (Å²) in [6.45, 7) is 0.564. The molecule has 1 heterocycles. The van der Waals surface area contributed by atoms with Gasteiger partial charge < -0.3 is 9.47 Å². The van der Waals surface area contributed by atoms with Crippen molar-refractivity contribution in [2.45, 2.75) is 6.61 Å². The maximum atomic E-state index is 11.9. The zero-order valence-electron chi connectivity index (χ0n) is 13.4. The Kier molecular flexibility index (Phi) is 5.20. The molecule has 0 radical (unpaired) electrons. The summed E-state index contributed by atoms with van der Waals surface area (Å²) in [6, 6.07) is 12.5. The first-order valence-electron chi connectivity index (χ1n) is 7.41. The molecule has 0 aliphatic carbocycles. The lowest BCUT2D eigenvalue weighted by atomic mass is 10.2. The standard InChI is InChI=1S/C16H16ClN5O3/c1-24-15-6-5-12(8-14(15)17)19-16(23)25-9-11-3-2-4-13(7-11)22-10-18-20-21-22/h2-8H,9-10H2,1H3,(H,18,21)(H,19,23). The maximum Gasteiger partial charge on any atom is 0.411 e. The number of hydrogen-bond acceptors (Lipinski definition) is 7. The molecule has 0 saturated carbocycles. The van der Waals surface area contributed by atoms with E-state index in [2.05, 4.69) is 21.2 Å². The summed E-state index contributed by atoms with van der Waals surface area (Å²) in [5.74, 6) is 0.534. The van der Waals surface area contributed by atoms with Crippen LogP contribution in [0.5, 0.6) is 5.75 Å². The van der Waals surface area contributed by atoms with Crippen LogP contribution in [0.2, 0.25) is 5.02 Å². The van der Waals surface area contributed by atoms with Crippen LogP contribution in [0.25, 0.3) is 0 Å². The van der Waals surface area contributed by atoms with E-state index in [0.29, 0.717) is 23.1 Å². The molecule has 2 N–H and O–H groups in total.